The topological polar surface area (TPSA) is 85.4 Å². The normalized spacial score (nSPS) is 15.9. The number of benzene rings is 1. The number of para-hydroxylation sites is 1. The van der Waals surface area contributed by atoms with Gasteiger partial charge in [0.15, 0.2) is 31.3 Å². The van der Waals surface area contributed by atoms with E-state index in [9.17, 15) is 26.4 Å². The molecule has 1 heterocycles. The number of nitrogens with zero attached hydrogens (tertiary/aromatic N) is 1. The summed E-state index contributed by atoms with van der Waals surface area (Å²) in [6.45, 7) is 0.627. The first-order valence-corrected chi connectivity index (χ1v) is 11.7. The van der Waals surface area contributed by atoms with E-state index in [-0.39, 0.29) is 16.5 Å². The van der Waals surface area contributed by atoms with Crippen LogP contribution in [-0.4, -0.2) is 31.6 Å². The molecule has 162 valence electrons. The van der Waals surface area contributed by atoms with Gasteiger partial charge in [-0.3, -0.25) is 4.79 Å². The summed E-state index contributed by atoms with van der Waals surface area (Å²) < 4.78 is 69.6. The molecule has 1 saturated carbocycles. The van der Waals surface area contributed by atoms with E-state index in [4.69, 9.17) is 4.74 Å². The lowest BCUT2D eigenvalue weighted by Gasteiger charge is -2.14. The van der Waals surface area contributed by atoms with E-state index in [1.54, 1.807) is 0 Å². The molecule has 1 fully saturated rings. The van der Waals surface area contributed by atoms with Crippen LogP contribution in [0.25, 0.3) is 0 Å². The van der Waals surface area contributed by atoms with Gasteiger partial charge in [-0.25, -0.2) is 12.8 Å². The van der Waals surface area contributed by atoms with Gasteiger partial charge in [-0.05, 0) is 30.9 Å². The molecular formula is C19H19F3N2O4S2. The summed E-state index contributed by atoms with van der Waals surface area (Å²) in [7, 11) is -3.40. The molecule has 3 rings (SSSR count). The number of hydrogen-bond acceptors (Lipinski definition) is 6. The molecule has 0 aliphatic heterocycles. The summed E-state index contributed by atoms with van der Waals surface area (Å²) in [5, 5.41) is 2.97. The molecule has 0 saturated heterocycles. The molecule has 1 aromatic heterocycles. The second-order valence-corrected chi connectivity index (χ2v) is 10.00. The fourth-order valence-electron chi connectivity index (χ4n) is 2.56. The molecular weight excluding hydrogens is 441 g/mol. The predicted octanol–water partition coefficient (Wildman–Crippen LogP) is 4.25. The Labute approximate surface area is 175 Å². The number of ether oxygens (including phenoxy) is 1. The highest BCUT2D eigenvalue weighted by molar-refractivity contribution is 7.93. The minimum Gasteiger partial charge on any atom is -0.434 e. The SMILES string of the molecule is CC(F)(F)c1nc(Oc2ccccc2F)c(C(=O)N[C@H](/C=C/S(C)(=O)=O)C2CC2)s1. The van der Waals surface area contributed by atoms with Crippen molar-refractivity contribution in [1.82, 2.24) is 10.3 Å². The first kappa shape index (κ1) is 22.3. The Bertz CT molecular complexity index is 1070. The van der Waals surface area contributed by atoms with Gasteiger partial charge < -0.3 is 10.1 Å². The molecule has 6 nitrogen and oxygen atoms in total. The maximum atomic E-state index is 13.9. The summed E-state index contributed by atoms with van der Waals surface area (Å²) in [5.41, 5.74) is 0. The Morgan fingerprint density at radius 3 is 2.60 bits per heavy atom. The number of carbonyl (C=O) groups excluding carboxylic acids is 1. The van der Waals surface area contributed by atoms with E-state index in [1.165, 1.54) is 24.3 Å². The van der Waals surface area contributed by atoms with Gasteiger partial charge in [0.2, 0.25) is 5.88 Å². The number of alkyl halides is 2. The summed E-state index contributed by atoms with van der Waals surface area (Å²) in [4.78, 5) is 16.2. The molecule has 30 heavy (non-hydrogen) atoms. The van der Waals surface area contributed by atoms with E-state index in [0.717, 1.165) is 30.6 Å². The average molecular weight is 460 g/mol. The van der Waals surface area contributed by atoms with Crippen LogP contribution in [-0.2, 0) is 15.8 Å². The van der Waals surface area contributed by atoms with Crippen LogP contribution in [0, 0.1) is 11.7 Å². The van der Waals surface area contributed by atoms with Gasteiger partial charge in [-0.15, -0.1) is 11.3 Å². The number of thiazole rings is 1. The Morgan fingerprint density at radius 1 is 1.37 bits per heavy atom. The standard InChI is InChI=1S/C19H19F3N2O4S2/c1-19(21,22)18-24-17(28-14-6-4-3-5-12(14)20)15(29-18)16(25)23-13(11-7-8-11)9-10-30(2,26)27/h3-6,9-11,13H,7-8H2,1-2H3,(H,23,25)/b10-9+/t13-/m1/s1. The zero-order valence-electron chi connectivity index (χ0n) is 16.1. The summed E-state index contributed by atoms with van der Waals surface area (Å²) in [6, 6.07) is 4.72. The quantitative estimate of drug-likeness (QED) is 0.637. The van der Waals surface area contributed by atoms with Crippen molar-refractivity contribution in [1.29, 1.82) is 0 Å². The fraction of sp³-hybridized carbons (Fsp3) is 0.368. The van der Waals surface area contributed by atoms with Crippen LogP contribution in [0.3, 0.4) is 0 Å². The Morgan fingerprint density at radius 2 is 2.03 bits per heavy atom. The largest absolute Gasteiger partial charge is 0.434 e. The number of amides is 1. The van der Waals surface area contributed by atoms with Crippen molar-refractivity contribution >= 4 is 27.1 Å². The third-order valence-electron chi connectivity index (χ3n) is 4.18. The predicted molar refractivity (Wildman–Crippen MR) is 106 cm³/mol. The van der Waals surface area contributed by atoms with Crippen molar-refractivity contribution in [2.45, 2.75) is 31.7 Å². The van der Waals surface area contributed by atoms with Crippen molar-refractivity contribution in [3.05, 3.63) is 51.5 Å². The second-order valence-electron chi connectivity index (χ2n) is 7.07. The molecule has 0 spiro atoms. The van der Waals surface area contributed by atoms with Gasteiger partial charge >= 0.3 is 0 Å². The van der Waals surface area contributed by atoms with Gasteiger partial charge in [0, 0.05) is 18.6 Å². The molecule has 1 atom stereocenters. The van der Waals surface area contributed by atoms with E-state index in [2.05, 4.69) is 10.3 Å². The third-order valence-corrected chi connectivity index (χ3v) is 6.04. The van der Waals surface area contributed by atoms with Gasteiger partial charge in [0.25, 0.3) is 11.8 Å². The second kappa shape index (κ2) is 8.38. The molecule has 1 aliphatic rings. The fourth-order valence-corrected chi connectivity index (χ4v) is 3.84. The minimum absolute atomic E-state index is 0.0443. The molecule has 1 aromatic carbocycles. The van der Waals surface area contributed by atoms with Gasteiger partial charge in [-0.2, -0.15) is 13.8 Å². The molecule has 0 bridgehead atoms. The highest BCUT2D eigenvalue weighted by atomic mass is 32.2. The first-order chi connectivity index (χ1) is 13.9. The molecule has 1 N–H and O–H groups in total. The van der Waals surface area contributed by atoms with Crippen LogP contribution in [0.15, 0.2) is 35.7 Å². The number of carbonyl (C=O) groups is 1. The van der Waals surface area contributed by atoms with Gasteiger partial charge in [0.1, 0.15) is 0 Å². The maximum absolute atomic E-state index is 13.9. The monoisotopic (exact) mass is 460 g/mol. The minimum atomic E-state index is -3.40. The Hall–Kier alpha value is -2.40. The number of sulfone groups is 1. The summed E-state index contributed by atoms with van der Waals surface area (Å²) in [6.07, 6.45) is 3.96. The zero-order chi connectivity index (χ0) is 22.1. The van der Waals surface area contributed by atoms with Crippen molar-refractivity contribution in [3.8, 4) is 11.6 Å². The highest BCUT2D eigenvalue weighted by Gasteiger charge is 2.35. The molecule has 11 heteroatoms. The van der Waals surface area contributed by atoms with Crippen LogP contribution in [0.1, 0.15) is 34.4 Å². The number of rotatable bonds is 8. The van der Waals surface area contributed by atoms with Crippen molar-refractivity contribution < 1.29 is 31.1 Å². The lowest BCUT2D eigenvalue weighted by atomic mass is 10.2. The Kier molecular flexibility index (Phi) is 6.23. The van der Waals surface area contributed by atoms with E-state index < -0.39 is 44.4 Å². The van der Waals surface area contributed by atoms with Crippen LogP contribution in [0.5, 0.6) is 11.6 Å². The number of aromatic nitrogens is 1. The lowest BCUT2D eigenvalue weighted by molar-refractivity contribution is 0.0169. The zero-order valence-corrected chi connectivity index (χ0v) is 17.7. The van der Waals surface area contributed by atoms with Crippen LogP contribution in [0.4, 0.5) is 13.2 Å². The van der Waals surface area contributed by atoms with Crippen LogP contribution < -0.4 is 10.1 Å². The molecule has 1 aliphatic carbocycles. The maximum Gasteiger partial charge on any atom is 0.296 e. The van der Waals surface area contributed by atoms with Crippen molar-refractivity contribution in [2.24, 2.45) is 5.92 Å². The van der Waals surface area contributed by atoms with Crippen molar-refractivity contribution in [2.75, 3.05) is 6.26 Å². The van der Waals surface area contributed by atoms with E-state index in [0.29, 0.717) is 18.3 Å². The van der Waals surface area contributed by atoms with Crippen LogP contribution in [0.2, 0.25) is 0 Å². The number of halogens is 3. The summed E-state index contributed by atoms with van der Waals surface area (Å²) in [5.74, 6) is -5.50. The lowest BCUT2D eigenvalue weighted by Crippen LogP contribution is -2.34. The van der Waals surface area contributed by atoms with Gasteiger partial charge in [-0.1, -0.05) is 18.2 Å². The molecule has 0 unspecified atom stereocenters. The number of nitrogens with one attached hydrogen (secondary N) is 1. The van der Waals surface area contributed by atoms with E-state index in [1.807, 2.05) is 0 Å². The van der Waals surface area contributed by atoms with Gasteiger partial charge in [0.05, 0.1) is 6.04 Å². The average Bonchev–Trinajstić information content (AvgIpc) is 3.38. The number of hydrogen-bond donors (Lipinski definition) is 1. The molecule has 0 radical (unpaired) electrons. The molecule has 1 amide bonds. The highest BCUT2D eigenvalue weighted by Crippen LogP contribution is 2.38. The first-order valence-electron chi connectivity index (χ1n) is 8.94. The summed E-state index contributed by atoms with van der Waals surface area (Å²) >= 11 is 0.434. The smallest absolute Gasteiger partial charge is 0.296 e. The Balaban J connectivity index is 1.90. The third kappa shape index (κ3) is 5.82. The van der Waals surface area contributed by atoms with E-state index >= 15 is 0 Å². The van der Waals surface area contributed by atoms with Crippen LogP contribution >= 0.6 is 11.3 Å². The van der Waals surface area contributed by atoms with Crippen molar-refractivity contribution in [3.63, 3.8) is 0 Å². The molecule has 2 aromatic rings.